The number of rotatable bonds is 7. The number of carbonyl (C=O) groups is 2. The van der Waals surface area contributed by atoms with Crippen molar-refractivity contribution in [1.29, 1.82) is 0 Å². The first-order valence-electron chi connectivity index (χ1n) is 11.1. The van der Waals surface area contributed by atoms with Gasteiger partial charge in [-0.25, -0.2) is 0 Å². The van der Waals surface area contributed by atoms with Gasteiger partial charge in [-0.2, -0.15) is 13.2 Å². The summed E-state index contributed by atoms with van der Waals surface area (Å²) in [5.74, 6) is -2.85. The molecule has 0 aliphatic rings. The molecule has 2 amide bonds. The van der Waals surface area contributed by atoms with Crippen LogP contribution >= 0.6 is 50.7 Å². The average molecular weight is 643 g/mol. The number of allylic oxidation sites excluding steroid dienone is 1. The van der Waals surface area contributed by atoms with Gasteiger partial charge in [0.25, 0.3) is 5.91 Å². The summed E-state index contributed by atoms with van der Waals surface area (Å²) >= 11 is 21.0. The van der Waals surface area contributed by atoms with E-state index >= 15 is 0 Å². The standard InChI is InChI=1S/C26H27BrCl3F3N2O2/c1-24(2,3)13-34-23(37)25(4,5)35-22(36)16-8-6-14(10-18(16)27)7-9-17(26(31,32)33)15-11-19(28)21(30)20(29)12-15/h6-12,17H,13H2,1-5H3,(H,34,37)(H,35,36). The maximum Gasteiger partial charge on any atom is 0.399 e. The van der Waals surface area contributed by atoms with Crippen molar-refractivity contribution in [1.82, 2.24) is 10.6 Å². The zero-order chi connectivity index (χ0) is 28.3. The van der Waals surface area contributed by atoms with Crippen molar-refractivity contribution in [3.63, 3.8) is 0 Å². The Morgan fingerprint density at radius 3 is 2.05 bits per heavy atom. The molecule has 2 aromatic rings. The van der Waals surface area contributed by atoms with Crippen LogP contribution in [0.15, 0.2) is 40.9 Å². The summed E-state index contributed by atoms with van der Waals surface area (Å²) < 4.78 is 41.7. The molecule has 4 nitrogen and oxygen atoms in total. The zero-order valence-electron chi connectivity index (χ0n) is 20.8. The summed E-state index contributed by atoms with van der Waals surface area (Å²) in [4.78, 5) is 25.4. The molecular weight excluding hydrogens is 616 g/mol. The highest BCUT2D eigenvalue weighted by molar-refractivity contribution is 9.10. The predicted octanol–water partition coefficient (Wildman–Crippen LogP) is 8.44. The second kappa shape index (κ2) is 12.0. The van der Waals surface area contributed by atoms with E-state index in [9.17, 15) is 22.8 Å². The monoisotopic (exact) mass is 640 g/mol. The van der Waals surface area contributed by atoms with Gasteiger partial charge in [0.2, 0.25) is 5.91 Å². The number of amides is 2. The maximum absolute atomic E-state index is 13.8. The SMILES string of the molecule is CC(C)(C)CNC(=O)C(C)(C)NC(=O)c1ccc(C=CC(c2cc(Cl)c(Cl)c(Cl)c2)C(F)(F)F)cc1Br. The minimum atomic E-state index is -4.62. The van der Waals surface area contributed by atoms with Crippen molar-refractivity contribution in [2.75, 3.05) is 6.54 Å². The molecule has 11 heteroatoms. The number of alkyl halides is 3. The van der Waals surface area contributed by atoms with E-state index in [2.05, 4.69) is 26.6 Å². The van der Waals surface area contributed by atoms with E-state index in [4.69, 9.17) is 34.8 Å². The Labute approximate surface area is 238 Å². The minimum Gasteiger partial charge on any atom is -0.354 e. The number of nitrogens with one attached hydrogen (secondary N) is 2. The third-order valence-electron chi connectivity index (χ3n) is 5.21. The quantitative estimate of drug-likeness (QED) is 0.298. The van der Waals surface area contributed by atoms with Gasteiger partial charge >= 0.3 is 6.18 Å². The molecule has 2 rings (SSSR count). The molecule has 0 radical (unpaired) electrons. The van der Waals surface area contributed by atoms with E-state index in [-0.39, 0.29) is 37.5 Å². The van der Waals surface area contributed by atoms with E-state index in [1.165, 1.54) is 24.3 Å². The fourth-order valence-corrected chi connectivity index (χ4v) is 4.35. The van der Waals surface area contributed by atoms with Gasteiger partial charge in [0.05, 0.1) is 26.5 Å². The molecule has 0 heterocycles. The first kappa shape index (κ1) is 31.5. The van der Waals surface area contributed by atoms with Crippen LogP contribution in [0.5, 0.6) is 0 Å². The molecule has 1 unspecified atom stereocenters. The molecule has 37 heavy (non-hydrogen) atoms. The Kier molecular flexibility index (Phi) is 10.2. The fourth-order valence-electron chi connectivity index (χ4n) is 3.16. The third-order valence-corrected chi connectivity index (χ3v) is 7.06. The lowest BCUT2D eigenvalue weighted by atomic mass is 9.95. The maximum atomic E-state index is 13.8. The van der Waals surface area contributed by atoms with E-state index in [1.54, 1.807) is 13.8 Å². The van der Waals surface area contributed by atoms with Gasteiger partial charge in [0, 0.05) is 11.0 Å². The lowest BCUT2D eigenvalue weighted by Crippen LogP contribution is -2.55. The smallest absolute Gasteiger partial charge is 0.354 e. The van der Waals surface area contributed by atoms with Gasteiger partial charge < -0.3 is 10.6 Å². The average Bonchev–Trinajstić information content (AvgIpc) is 2.74. The fraction of sp³-hybridized carbons (Fsp3) is 0.385. The highest BCUT2D eigenvalue weighted by Gasteiger charge is 2.39. The van der Waals surface area contributed by atoms with Crippen LogP contribution in [0, 0.1) is 5.41 Å². The van der Waals surface area contributed by atoms with Crippen LogP contribution in [-0.4, -0.2) is 30.1 Å². The summed E-state index contributed by atoms with van der Waals surface area (Å²) in [6, 6.07) is 6.72. The number of carbonyl (C=O) groups excluding carboxylic acids is 2. The van der Waals surface area contributed by atoms with Gasteiger partial charge in [0.1, 0.15) is 5.54 Å². The van der Waals surface area contributed by atoms with Crippen molar-refractivity contribution < 1.29 is 22.8 Å². The second-order valence-electron chi connectivity index (χ2n) is 10.2. The molecule has 202 valence electrons. The minimum absolute atomic E-state index is 0.0235. The van der Waals surface area contributed by atoms with Crippen molar-refractivity contribution >= 4 is 68.6 Å². The van der Waals surface area contributed by atoms with Crippen LogP contribution in [0.2, 0.25) is 15.1 Å². The summed E-state index contributed by atoms with van der Waals surface area (Å²) in [6.07, 6.45) is -2.36. The van der Waals surface area contributed by atoms with Crippen molar-refractivity contribution in [2.45, 2.75) is 52.3 Å². The molecule has 0 saturated heterocycles. The Morgan fingerprint density at radius 2 is 1.57 bits per heavy atom. The van der Waals surface area contributed by atoms with Crippen molar-refractivity contribution in [2.24, 2.45) is 5.41 Å². The molecule has 0 aromatic heterocycles. The van der Waals surface area contributed by atoms with Gasteiger partial charge in [-0.1, -0.05) is 73.8 Å². The number of hydrogen-bond acceptors (Lipinski definition) is 2. The topological polar surface area (TPSA) is 58.2 Å². The molecule has 1 atom stereocenters. The summed E-state index contributed by atoms with van der Waals surface area (Å²) in [5.41, 5.74) is -0.852. The van der Waals surface area contributed by atoms with Crippen molar-refractivity contribution in [3.8, 4) is 0 Å². The molecular formula is C26H27BrCl3F3N2O2. The lowest BCUT2D eigenvalue weighted by molar-refractivity contribution is -0.139. The Morgan fingerprint density at radius 1 is 1.00 bits per heavy atom. The highest BCUT2D eigenvalue weighted by atomic mass is 79.9. The van der Waals surface area contributed by atoms with E-state index in [0.29, 0.717) is 16.6 Å². The third kappa shape index (κ3) is 8.91. The molecule has 0 saturated carbocycles. The first-order valence-corrected chi connectivity index (χ1v) is 13.0. The lowest BCUT2D eigenvalue weighted by Gasteiger charge is -2.28. The van der Waals surface area contributed by atoms with Gasteiger partial charge in [-0.3, -0.25) is 9.59 Å². The summed E-state index contributed by atoms with van der Waals surface area (Å²) in [6.45, 7) is 9.53. The van der Waals surface area contributed by atoms with Gasteiger partial charge in [-0.15, -0.1) is 0 Å². The molecule has 0 aliphatic heterocycles. The molecule has 2 N–H and O–H groups in total. The second-order valence-corrected chi connectivity index (χ2v) is 12.3. The van der Waals surface area contributed by atoms with Gasteiger partial charge in [-0.05, 0) is 70.6 Å². The Hall–Kier alpha value is -1.74. The van der Waals surface area contributed by atoms with Crippen LogP contribution in [-0.2, 0) is 4.79 Å². The number of halogens is 7. The van der Waals surface area contributed by atoms with Crippen LogP contribution < -0.4 is 10.6 Å². The van der Waals surface area contributed by atoms with Crippen LogP contribution in [0.25, 0.3) is 6.08 Å². The first-order chi connectivity index (χ1) is 16.8. The van der Waals surface area contributed by atoms with Gasteiger partial charge in [0.15, 0.2) is 0 Å². The molecule has 0 fully saturated rings. The zero-order valence-corrected chi connectivity index (χ0v) is 24.6. The number of hydrogen-bond donors (Lipinski definition) is 2. The van der Waals surface area contributed by atoms with E-state index in [1.807, 2.05) is 20.8 Å². The summed E-state index contributed by atoms with van der Waals surface area (Å²) in [7, 11) is 0. The van der Waals surface area contributed by atoms with E-state index in [0.717, 1.165) is 18.2 Å². The van der Waals surface area contributed by atoms with E-state index < -0.39 is 23.5 Å². The normalized spacial score (nSPS) is 13.5. The highest BCUT2D eigenvalue weighted by Crippen LogP contribution is 2.41. The van der Waals surface area contributed by atoms with Crippen molar-refractivity contribution in [3.05, 3.63) is 72.6 Å². The predicted molar refractivity (Wildman–Crippen MR) is 147 cm³/mol. The van der Waals surface area contributed by atoms with Crippen LogP contribution in [0.1, 0.15) is 62.0 Å². The van der Waals surface area contributed by atoms with Crippen LogP contribution in [0.4, 0.5) is 13.2 Å². The molecule has 2 aromatic carbocycles. The Bertz CT molecular complexity index is 1190. The van der Waals surface area contributed by atoms with Crippen LogP contribution in [0.3, 0.4) is 0 Å². The molecule has 0 spiro atoms. The Balaban J connectivity index is 2.24. The molecule has 0 aliphatic carbocycles. The summed E-state index contributed by atoms with van der Waals surface area (Å²) in [5, 5.41) is 5.32. The molecule has 0 bridgehead atoms. The largest absolute Gasteiger partial charge is 0.399 e. The number of benzene rings is 2.